The Labute approximate surface area is 159 Å². The standard InChI is InChI=1S/C20H26N4O3/c25-20(17-2-1-9-24(13-17)18-7-10-26-11-8-18)21-12-15-3-5-16(6-4-15)19-22-14-27-23-19/h3-6,14,17-18H,1-2,7-13H2,(H,21,25). The fourth-order valence-corrected chi connectivity index (χ4v) is 4.01. The van der Waals surface area contributed by atoms with E-state index in [1.807, 2.05) is 24.3 Å². The van der Waals surface area contributed by atoms with Crippen molar-refractivity contribution in [1.29, 1.82) is 0 Å². The number of carbonyl (C=O) groups is 1. The Morgan fingerprint density at radius 1 is 1.19 bits per heavy atom. The third kappa shape index (κ3) is 4.54. The number of hydrogen-bond acceptors (Lipinski definition) is 6. The van der Waals surface area contributed by atoms with Crippen molar-refractivity contribution in [1.82, 2.24) is 20.4 Å². The molecule has 144 valence electrons. The molecule has 1 unspecified atom stereocenters. The summed E-state index contributed by atoms with van der Waals surface area (Å²) < 4.78 is 10.2. The number of nitrogens with zero attached hydrogens (tertiary/aromatic N) is 3. The Kier molecular flexibility index (Phi) is 5.79. The third-order valence-corrected chi connectivity index (χ3v) is 5.57. The van der Waals surface area contributed by atoms with Crippen LogP contribution in [0.15, 0.2) is 35.2 Å². The van der Waals surface area contributed by atoms with Crippen LogP contribution < -0.4 is 5.32 Å². The molecule has 7 heteroatoms. The van der Waals surface area contributed by atoms with E-state index in [1.54, 1.807) is 0 Å². The molecule has 7 nitrogen and oxygen atoms in total. The lowest BCUT2D eigenvalue weighted by Crippen LogP contribution is -2.48. The molecule has 1 N–H and O–H groups in total. The molecule has 27 heavy (non-hydrogen) atoms. The monoisotopic (exact) mass is 370 g/mol. The van der Waals surface area contributed by atoms with Gasteiger partial charge in [0, 0.05) is 37.9 Å². The highest BCUT2D eigenvalue weighted by atomic mass is 16.5. The molecule has 2 aliphatic heterocycles. The average molecular weight is 370 g/mol. The second-order valence-corrected chi connectivity index (χ2v) is 7.35. The van der Waals surface area contributed by atoms with Crippen LogP contribution in [0.2, 0.25) is 0 Å². The van der Waals surface area contributed by atoms with Crippen LogP contribution in [0.5, 0.6) is 0 Å². The minimum atomic E-state index is 0.0835. The molecule has 1 amide bonds. The molecule has 0 spiro atoms. The Hall–Kier alpha value is -2.25. The molecule has 1 aromatic heterocycles. The molecular formula is C20H26N4O3. The molecule has 0 radical (unpaired) electrons. The topological polar surface area (TPSA) is 80.5 Å². The summed E-state index contributed by atoms with van der Waals surface area (Å²) in [4.78, 5) is 19.2. The van der Waals surface area contributed by atoms with Crippen molar-refractivity contribution in [2.45, 2.75) is 38.3 Å². The van der Waals surface area contributed by atoms with Gasteiger partial charge in [-0.1, -0.05) is 29.4 Å². The number of benzene rings is 1. The van der Waals surface area contributed by atoms with E-state index < -0.39 is 0 Å². The second-order valence-electron chi connectivity index (χ2n) is 7.35. The largest absolute Gasteiger partial charge is 0.381 e. The maximum atomic E-state index is 12.7. The predicted octanol–water partition coefficient (Wildman–Crippen LogP) is 2.24. The van der Waals surface area contributed by atoms with Gasteiger partial charge in [0.05, 0.1) is 5.92 Å². The van der Waals surface area contributed by atoms with Gasteiger partial charge in [-0.05, 0) is 37.8 Å². The molecule has 2 saturated heterocycles. The van der Waals surface area contributed by atoms with Crippen molar-refractivity contribution >= 4 is 5.91 Å². The van der Waals surface area contributed by atoms with Crippen LogP contribution in [-0.2, 0) is 16.1 Å². The quantitative estimate of drug-likeness (QED) is 0.869. The van der Waals surface area contributed by atoms with Gasteiger partial charge in [0.2, 0.25) is 18.1 Å². The van der Waals surface area contributed by atoms with Crippen LogP contribution in [0.3, 0.4) is 0 Å². The Morgan fingerprint density at radius 2 is 2.00 bits per heavy atom. The Balaban J connectivity index is 1.28. The first kappa shape index (κ1) is 18.1. The predicted molar refractivity (Wildman–Crippen MR) is 99.7 cm³/mol. The highest BCUT2D eigenvalue weighted by Crippen LogP contribution is 2.23. The molecule has 0 aliphatic carbocycles. The van der Waals surface area contributed by atoms with Gasteiger partial charge in [-0.2, -0.15) is 4.98 Å². The maximum Gasteiger partial charge on any atom is 0.224 e. The fraction of sp³-hybridized carbons (Fsp3) is 0.550. The van der Waals surface area contributed by atoms with Gasteiger partial charge in [-0.15, -0.1) is 0 Å². The van der Waals surface area contributed by atoms with E-state index in [4.69, 9.17) is 9.26 Å². The molecule has 1 atom stereocenters. The van der Waals surface area contributed by atoms with Gasteiger partial charge in [0.1, 0.15) is 0 Å². The maximum absolute atomic E-state index is 12.7. The molecular weight excluding hydrogens is 344 g/mol. The third-order valence-electron chi connectivity index (χ3n) is 5.57. The Morgan fingerprint density at radius 3 is 2.74 bits per heavy atom. The van der Waals surface area contributed by atoms with Crippen LogP contribution >= 0.6 is 0 Å². The molecule has 0 saturated carbocycles. The van der Waals surface area contributed by atoms with E-state index >= 15 is 0 Å². The van der Waals surface area contributed by atoms with Gasteiger partial charge in [-0.3, -0.25) is 9.69 Å². The van der Waals surface area contributed by atoms with Crippen molar-refractivity contribution in [2.24, 2.45) is 5.92 Å². The van der Waals surface area contributed by atoms with Crippen molar-refractivity contribution < 1.29 is 14.1 Å². The summed E-state index contributed by atoms with van der Waals surface area (Å²) in [5.41, 5.74) is 1.96. The summed E-state index contributed by atoms with van der Waals surface area (Å²) in [5, 5.41) is 6.94. The number of hydrogen-bond donors (Lipinski definition) is 1. The van der Waals surface area contributed by atoms with Gasteiger partial charge in [-0.25, -0.2) is 0 Å². The first-order valence-corrected chi connectivity index (χ1v) is 9.75. The molecule has 2 fully saturated rings. The number of likely N-dealkylation sites (tertiary alicyclic amines) is 1. The number of aromatic nitrogens is 2. The summed E-state index contributed by atoms with van der Waals surface area (Å²) >= 11 is 0. The number of rotatable bonds is 5. The second kappa shape index (κ2) is 8.63. The number of ether oxygens (including phenoxy) is 1. The lowest BCUT2D eigenvalue weighted by Gasteiger charge is -2.39. The van der Waals surface area contributed by atoms with E-state index in [1.165, 1.54) is 6.39 Å². The summed E-state index contributed by atoms with van der Waals surface area (Å²) in [5.74, 6) is 0.815. The van der Waals surface area contributed by atoms with Crippen molar-refractivity contribution in [3.63, 3.8) is 0 Å². The highest BCUT2D eigenvalue weighted by molar-refractivity contribution is 5.79. The molecule has 1 aromatic carbocycles. The summed E-state index contributed by atoms with van der Waals surface area (Å²) in [6, 6.07) is 8.44. The first-order chi connectivity index (χ1) is 13.3. The van der Waals surface area contributed by atoms with Crippen LogP contribution in [0.4, 0.5) is 0 Å². The van der Waals surface area contributed by atoms with Gasteiger partial charge in [0.15, 0.2) is 0 Å². The lowest BCUT2D eigenvalue weighted by atomic mass is 9.94. The lowest BCUT2D eigenvalue weighted by molar-refractivity contribution is -0.127. The zero-order chi connectivity index (χ0) is 18.5. The first-order valence-electron chi connectivity index (χ1n) is 9.75. The normalized spacial score (nSPS) is 21.9. The molecule has 2 aliphatic rings. The van der Waals surface area contributed by atoms with Gasteiger partial charge >= 0.3 is 0 Å². The number of carbonyl (C=O) groups excluding carboxylic acids is 1. The smallest absolute Gasteiger partial charge is 0.224 e. The van der Waals surface area contributed by atoms with Crippen molar-refractivity contribution in [2.75, 3.05) is 26.3 Å². The van der Waals surface area contributed by atoms with Crippen LogP contribution in [0, 0.1) is 5.92 Å². The van der Waals surface area contributed by atoms with Crippen LogP contribution in [-0.4, -0.2) is 53.3 Å². The SMILES string of the molecule is O=C(NCc1ccc(-c2ncon2)cc1)C1CCCN(C2CCOCC2)C1. The van der Waals surface area contributed by atoms with Crippen LogP contribution in [0.1, 0.15) is 31.2 Å². The number of nitrogens with one attached hydrogen (secondary N) is 1. The van der Waals surface area contributed by atoms with E-state index in [2.05, 4.69) is 20.4 Å². The van der Waals surface area contributed by atoms with Crippen LogP contribution in [0.25, 0.3) is 11.4 Å². The molecule has 2 aromatic rings. The van der Waals surface area contributed by atoms with Crippen molar-refractivity contribution in [3.8, 4) is 11.4 Å². The summed E-state index contributed by atoms with van der Waals surface area (Å²) in [6.45, 7) is 4.20. The number of amides is 1. The molecule has 0 bridgehead atoms. The fourth-order valence-electron chi connectivity index (χ4n) is 4.01. The zero-order valence-corrected chi connectivity index (χ0v) is 15.5. The van der Waals surface area contributed by atoms with E-state index in [9.17, 15) is 4.79 Å². The minimum Gasteiger partial charge on any atom is -0.381 e. The van der Waals surface area contributed by atoms with Gasteiger partial charge < -0.3 is 14.6 Å². The average Bonchev–Trinajstić information content (AvgIpc) is 3.28. The van der Waals surface area contributed by atoms with Gasteiger partial charge in [0.25, 0.3) is 0 Å². The Bertz CT molecular complexity index is 726. The zero-order valence-electron chi connectivity index (χ0n) is 15.5. The summed E-state index contributed by atoms with van der Waals surface area (Å²) in [7, 11) is 0. The molecule has 4 rings (SSSR count). The highest BCUT2D eigenvalue weighted by Gasteiger charge is 2.30. The molecule has 3 heterocycles. The summed E-state index contributed by atoms with van der Waals surface area (Å²) in [6.07, 6.45) is 5.55. The van der Waals surface area contributed by atoms with E-state index in [0.29, 0.717) is 18.4 Å². The minimum absolute atomic E-state index is 0.0835. The number of piperidine rings is 1. The van der Waals surface area contributed by atoms with E-state index in [0.717, 1.165) is 63.1 Å². The van der Waals surface area contributed by atoms with E-state index in [-0.39, 0.29) is 11.8 Å². The van der Waals surface area contributed by atoms with Crippen molar-refractivity contribution in [3.05, 3.63) is 36.2 Å².